The molecule has 0 unspecified atom stereocenters. The fraction of sp³-hybridized carbons (Fsp3) is 0.923. The first-order chi connectivity index (χ1) is 9.41. The highest BCUT2D eigenvalue weighted by atomic mass is 127. The number of hydrogen-bond acceptors (Lipinski definition) is 4. The van der Waals surface area contributed by atoms with Crippen LogP contribution in [0.1, 0.15) is 34.6 Å². The monoisotopic (exact) mass is 466 g/mol. The summed E-state index contributed by atoms with van der Waals surface area (Å²) in [7, 11) is -3.24. The molecule has 0 amide bonds. The van der Waals surface area contributed by atoms with Gasteiger partial charge in [-0.1, -0.05) is 0 Å². The minimum Gasteiger partial charge on any atom is -0.357 e. The van der Waals surface area contributed by atoms with Crippen molar-refractivity contribution in [2.24, 2.45) is 4.99 Å². The molecular formula is C13H31IN4O2S2. The summed E-state index contributed by atoms with van der Waals surface area (Å²) in [6, 6.07) is 0. The molecule has 0 heterocycles. The smallest absolute Gasteiger partial charge is 0.209 e. The molecular weight excluding hydrogens is 435 g/mol. The summed E-state index contributed by atoms with van der Waals surface area (Å²) < 4.78 is 25.3. The molecule has 0 aromatic carbocycles. The number of guanidine groups is 1. The van der Waals surface area contributed by atoms with E-state index < -0.39 is 15.6 Å². The standard InChI is InChI=1S/C13H30N4O2S2.HI/c1-8-14-11(16-10-13(4,5)20-6)15-9-12(2,3)17-21(7,18)19;/h17H,8-10H2,1-7H3,(H2,14,15,16);1H. The molecule has 0 radical (unpaired) electrons. The molecule has 134 valence electrons. The molecule has 0 aliphatic heterocycles. The lowest BCUT2D eigenvalue weighted by molar-refractivity contribution is 0.464. The topological polar surface area (TPSA) is 82.6 Å². The predicted molar refractivity (Wildman–Crippen MR) is 109 cm³/mol. The molecule has 0 aliphatic carbocycles. The van der Waals surface area contributed by atoms with Crippen LogP contribution in [0.15, 0.2) is 4.99 Å². The van der Waals surface area contributed by atoms with E-state index >= 15 is 0 Å². The minimum atomic E-state index is -3.24. The molecule has 0 saturated carbocycles. The predicted octanol–water partition coefficient (Wildman–Crippen LogP) is 1.63. The van der Waals surface area contributed by atoms with Crippen LogP contribution >= 0.6 is 35.7 Å². The first kappa shape index (κ1) is 24.5. The van der Waals surface area contributed by atoms with E-state index in [4.69, 9.17) is 0 Å². The summed E-state index contributed by atoms with van der Waals surface area (Å²) in [6.45, 7) is 11.8. The average molecular weight is 466 g/mol. The first-order valence-corrected chi connectivity index (χ1v) is 10.1. The Bertz CT molecular complexity index is 451. The summed E-state index contributed by atoms with van der Waals surface area (Å²) in [5.41, 5.74) is -0.620. The molecule has 0 rings (SSSR count). The zero-order chi connectivity index (χ0) is 16.7. The van der Waals surface area contributed by atoms with Gasteiger partial charge in [0.1, 0.15) is 0 Å². The highest BCUT2D eigenvalue weighted by Gasteiger charge is 2.22. The average Bonchev–Trinajstić information content (AvgIpc) is 2.30. The Morgan fingerprint density at radius 1 is 1.18 bits per heavy atom. The Morgan fingerprint density at radius 3 is 2.14 bits per heavy atom. The molecule has 0 aliphatic rings. The van der Waals surface area contributed by atoms with Gasteiger partial charge in [0.25, 0.3) is 0 Å². The van der Waals surface area contributed by atoms with Crippen LogP contribution in [-0.4, -0.2) is 56.8 Å². The SMILES string of the molecule is CCNC(=NCC(C)(C)NS(C)(=O)=O)NCC(C)(C)SC.I. The molecule has 0 spiro atoms. The molecule has 9 heteroatoms. The zero-order valence-corrected chi connectivity index (χ0v) is 18.6. The van der Waals surface area contributed by atoms with E-state index in [9.17, 15) is 8.42 Å². The molecule has 0 bridgehead atoms. The number of thioether (sulfide) groups is 1. The van der Waals surface area contributed by atoms with Crippen LogP contribution in [0.25, 0.3) is 0 Å². The van der Waals surface area contributed by atoms with Crippen LogP contribution < -0.4 is 15.4 Å². The molecule has 0 saturated heterocycles. The van der Waals surface area contributed by atoms with Gasteiger partial charge in [0.15, 0.2) is 5.96 Å². The van der Waals surface area contributed by atoms with Crippen molar-refractivity contribution in [3.8, 4) is 0 Å². The van der Waals surface area contributed by atoms with Crippen LogP contribution in [0.2, 0.25) is 0 Å². The number of aliphatic imine (C=N–C) groups is 1. The third-order valence-corrected chi connectivity index (χ3v) is 4.85. The third kappa shape index (κ3) is 12.8. The lowest BCUT2D eigenvalue weighted by atomic mass is 10.1. The maximum Gasteiger partial charge on any atom is 0.209 e. The Balaban J connectivity index is 0. The minimum absolute atomic E-state index is 0. The van der Waals surface area contributed by atoms with Crippen LogP contribution in [0.5, 0.6) is 0 Å². The second kappa shape index (κ2) is 10.2. The maximum absolute atomic E-state index is 11.3. The van der Waals surface area contributed by atoms with Crippen LogP contribution in [0.4, 0.5) is 0 Å². The van der Waals surface area contributed by atoms with Crippen molar-refractivity contribution < 1.29 is 8.42 Å². The van der Waals surface area contributed by atoms with Gasteiger partial charge in [-0.05, 0) is 40.9 Å². The Morgan fingerprint density at radius 2 is 1.73 bits per heavy atom. The highest BCUT2D eigenvalue weighted by molar-refractivity contribution is 14.0. The first-order valence-electron chi connectivity index (χ1n) is 6.97. The van der Waals surface area contributed by atoms with Gasteiger partial charge in [-0.15, -0.1) is 24.0 Å². The van der Waals surface area contributed by atoms with Gasteiger partial charge in [0, 0.05) is 23.4 Å². The number of halogens is 1. The Labute approximate surface area is 157 Å². The van der Waals surface area contributed by atoms with Gasteiger partial charge in [-0.2, -0.15) is 11.8 Å². The van der Waals surface area contributed by atoms with E-state index in [1.165, 1.54) is 0 Å². The lowest BCUT2D eigenvalue weighted by Crippen LogP contribution is -2.47. The number of hydrogen-bond donors (Lipinski definition) is 3. The van der Waals surface area contributed by atoms with E-state index in [1.807, 2.05) is 20.8 Å². The van der Waals surface area contributed by atoms with Gasteiger partial charge in [0.2, 0.25) is 10.0 Å². The molecule has 0 fully saturated rings. The van der Waals surface area contributed by atoms with Crippen molar-refractivity contribution in [3.63, 3.8) is 0 Å². The fourth-order valence-electron chi connectivity index (χ4n) is 1.52. The summed E-state index contributed by atoms with van der Waals surface area (Å²) in [6.07, 6.45) is 3.23. The van der Waals surface area contributed by atoms with E-state index in [2.05, 4.69) is 40.5 Å². The van der Waals surface area contributed by atoms with Crippen molar-refractivity contribution in [1.82, 2.24) is 15.4 Å². The van der Waals surface area contributed by atoms with Crippen molar-refractivity contribution >= 4 is 51.7 Å². The molecule has 22 heavy (non-hydrogen) atoms. The van der Waals surface area contributed by atoms with Crippen LogP contribution in [0, 0.1) is 0 Å². The largest absolute Gasteiger partial charge is 0.357 e. The summed E-state index contributed by atoms with van der Waals surface area (Å²) in [4.78, 5) is 4.46. The van der Waals surface area contributed by atoms with Crippen molar-refractivity contribution in [1.29, 1.82) is 0 Å². The van der Waals surface area contributed by atoms with Gasteiger partial charge in [-0.25, -0.2) is 13.1 Å². The number of nitrogens with zero attached hydrogens (tertiary/aromatic N) is 1. The highest BCUT2D eigenvalue weighted by Crippen LogP contribution is 2.19. The van der Waals surface area contributed by atoms with Gasteiger partial charge >= 0.3 is 0 Å². The van der Waals surface area contributed by atoms with Gasteiger partial charge in [-0.3, -0.25) is 4.99 Å². The van der Waals surface area contributed by atoms with Crippen molar-refractivity contribution in [2.45, 2.75) is 44.9 Å². The molecule has 3 N–H and O–H groups in total. The zero-order valence-electron chi connectivity index (χ0n) is 14.6. The Hall–Kier alpha value is 0.260. The van der Waals surface area contributed by atoms with Crippen molar-refractivity contribution in [3.05, 3.63) is 0 Å². The number of nitrogens with one attached hydrogen (secondary N) is 3. The second-order valence-electron chi connectivity index (χ2n) is 6.27. The van der Waals surface area contributed by atoms with Crippen LogP contribution in [0.3, 0.4) is 0 Å². The van der Waals surface area contributed by atoms with E-state index in [-0.39, 0.29) is 28.7 Å². The number of rotatable bonds is 8. The van der Waals surface area contributed by atoms with Crippen LogP contribution in [-0.2, 0) is 10.0 Å². The molecule has 0 aromatic heterocycles. The van der Waals surface area contributed by atoms with Crippen molar-refractivity contribution in [2.75, 3.05) is 32.1 Å². The number of sulfonamides is 1. The summed E-state index contributed by atoms with van der Waals surface area (Å²) in [5, 5.41) is 6.46. The summed E-state index contributed by atoms with van der Waals surface area (Å²) in [5.74, 6) is 0.697. The normalized spacial score (nSPS) is 13.5. The lowest BCUT2D eigenvalue weighted by Gasteiger charge is -2.26. The Kier molecular flexibility index (Phi) is 11.4. The molecule has 0 atom stereocenters. The molecule has 0 aromatic rings. The van der Waals surface area contributed by atoms with Gasteiger partial charge in [0.05, 0.1) is 12.8 Å². The summed E-state index contributed by atoms with van der Waals surface area (Å²) >= 11 is 1.78. The van der Waals surface area contributed by atoms with E-state index in [1.54, 1.807) is 11.8 Å². The third-order valence-electron chi connectivity index (χ3n) is 2.67. The quantitative estimate of drug-likeness (QED) is 0.288. The van der Waals surface area contributed by atoms with E-state index in [0.717, 1.165) is 19.3 Å². The maximum atomic E-state index is 11.3. The second-order valence-corrected chi connectivity index (χ2v) is 9.53. The van der Waals surface area contributed by atoms with Gasteiger partial charge < -0.3 is 10.6 Å². The van der Waals surface area contributed by atoms with E-state index in [0.29, 0.717) is 12.5 Å². The fourth-order valence-corrected chi connectivity index (χ4v) is 2.81. The molecule has 6 nitrogen and oxygen atoms in total.